The molecule has 1 aliphatic rings. The van der Waals surface area contributed by atoms with Crippen molar-refractivity contribution in [2.45, 2.75) is 13.3 Å². The second-order valence-corrected chi connectivity index (χ2v) is 7.67. The molecule has 0 saturated carbocycles. The second kappa shape index (κ2) is 11.6. The topological polar surface area (TPSA) is 54.0 Å². The molecule has 0 bridgehead atoms. The summed E-state index contributed by atoms with van der Waals surface area (Å²) < 4.78 is 11.0. The van der Waals surface area contributed by atoms with Crippen LogP contribution in [0.2, 0.25) is 0 Å². The number of ether oxygens (including phenoxy) is 2. The van der Waals surface area contributed by atoms with E-state index in [1.165, 1.54) is 11.1 Å². The van der Waals surface area contributed by atoms with E-state index < -0.39 is 0 Å². The fourth-order valence-electron chi connectivity index (χ4n) is 3.62. The van der Waals surface area contributed by atoms with E-state index in [2.05, 4.69) is 34.2 Å². The molecule has 1 aliphatic heterocycles. The van der Waals surface area contributed by atoms with Gasteiger partial charge in [0.05, 0.1) is 13.7 Å². The van der Waals surface area contributed by atoms with Crippen molar-refractivity contribution >= 4 is 5.91 Å². The summed E-state index contributed by atoms with van der Waals surface area (Å²) in [6.45, 7) is 8.57. The standard InChI is InChI=1S/C24H33N3O3/c1-20-5-3-4-6-21(20)11-12-25-24(28)19-27-15-13-26(14-16-27)17-18-30-23-9-7-22(29-2)8-10-23/h3-10H,11-19H2,1-2H3,(H,25,28). The Morgan fingerprint density at radius 3 is 2.33 bits per heavy atom. The number of carbonyl (C=O) groups is 1. The average molecular weight is 412 g/mol. The number of methoxy groups -OCH3 is 1. The highest BCUT2D eigenvalue weighted by atomic mass is 16.5. The van der Waals surface area contributed by atoms with Gasteiger partial charge in [0.25, 0.3) is 0 Å². The molecule has 1 saturated heterocycles. The average Bonchev–Trinajstić information content (AvgIpc) is 2.77. The van der Waals surface area contributed by atoms with Crippen molar-refractivity contribution < 1.29 is 14.3 Å². The summed E-state index contributed by atoms with van der Waals surface area (Å²) >= 11 is 0. The Morgan fingerprint density at radius 1 is 0.967 bits per heavy atom. The van der Waals surface area contributed by atoms with Gasteiger partial charge in [-0.15, -0.1) is 0 Å². The Balaban J connectivity index is 1.27. The molecule has 0 spiro atoms. The smallest absolute Gasteiger partial charge is 0.234 e. The Hall–Kier alpha value is -2.57. The zero-order valence-corrected chi connectivity index (χ0v) is 18.1. The van der Waals surface area contributed by atoms with Crippen molar-refractivity contribution in [1.29, 1.82) is 0 Å². The van der Waals surface area contributed by atoms with Crippen LogP contribution < -0.4 is 14.8 Å². The minimum absolute atomic E-state index is 0.111. The predicted octanol–water partition coefficient (Wildman–Crippen LogP) is 2.36. The van der Waals surface area contributed by atoms with E-state index in [9.17, 15) is 4.79 Å². The number of carbonyl (C=O) groups excluding carboxylic acids is 1. The molecule has 1 heterocycles. The van der Waals surface area contributed by atoms with Crippen LogP contribution in [-0.4, -0.2) is 75.2 Å². The first-order valence-corrected chi connectivity index (χ1v) is 10.7. The van der Waals surface area contributed by atoms with Crippen molar-refractivity contribution in [1.82, 2.24) is 15.1 Å². The number of piperazine rings is 1. The molecule has 0 atom stereocenters. The summed E-state index contributed by atoms with van der Waals surface area (Å²) in [5, 5.41) is 3.05. The maximum atomic E-state index is 12.2. The number of nitrogens with zero attached hydrogens (tertiary/aromatic N) is 2. The summed E-state index contributed by atoms with van der Waals surface area (Å²) in [5.41, 5.74) is 2.57. The van der Waals surface area contributed by atoms with E-state index in [0.29, 0.717) is 19.7 Å². The minimum Gasteiger partial charge on any atom is -0.497 e. The van der Waals surface area contributed by atoms with Gasteiger partial charge in [-0.1, -0.05) is 24.3 Å². The molecule has 162 valence electrons. The third kappa shape index (κ3) is 7.04. The Labute approximate surface area is 179 Å². The zero-order chi connectivity index (χ0) is 21.2. The van der Waals surface area contributed by atoms with Crippen LogP contribution in [0.25, 0.3) is 0 Å². The number of hydrogen-bond donors (Lipinski definition) is 1. The molecule has 0 unspecified atom stereocenters. The van der Waals surface area contributed by atoms with Crippen molar-refractivity contribution in [3.05, 3.63) is 59.7 Å². The minimum atomic E-state index is 0.111. The van der Waals surface area contributed by atoms with Gasteiger partial charge in [0, 0.05) is 39.3 Å². The van der Waals surface area contributed by atoms with Crippen LogP contribution >= 0.6 is 0 Å². The van der Waals surface area contributed by atoms with Gasteiger partial charge in [0.15, 0.2) is 0 Å². The Bertz CT molecular complexity index is 787. The molecular formula is C24H33N3O3. The first kappa shape index (κ1) is 22.1. The lowest BCUT2D eigenvalue weighted by Crippen LogP contribution is -2.50. The molecule has 3 rings (SSSR count). The number of benzene rings is 2. The van der Waals surface area contributed by atoms with E-state index in [0.717, 1.165) is 50.6 Å². The molecule has 2 aromatic carbocycles. The van der Waals surface area contributed by atoms with E-state index in [1.54, 1.807) is 7.11 Å². The predicted molar refractivity (Wildman–Crippen MR) is 119 cm³/mol. The van der Waals surface area contributed by atoms with Crippen molar-refractivity contribution in [2.75, 3.05) is 59.5 Å². The van der Waals surface area contributed by atoms with Crippen LogP contribution in [0.4, 0.5) is 0 Å². The van der Waals surface area contributed by atoms with Crippen LogP contribution in [0, 0.1) is 6.92 Å². The lowest BCUT2D eigenvalue weighted by atomic mass is 10.1. The lowest BCUT2D eigenvalue weighted by molar-refractivity contribution is -0.122. The molecule has 6 heteroatoms. The fraction of sp³-hybridized carbons (Fsp3) is 0.458. The van der Waals surface area contributed by atoms with Crippen molar-refractivity contribution in [2.24, 2.45) is 0 Å². The largest absolute Gasteiger partial charge is 0.497 e. The molecular weight excluding hydrogens is 378 g/mol. The first-order valence-electron chi connectivity index (χ1n) is 10.7. The summed E-state index contributed by atoms with van der Waals surface area (Å²) in [5.74, 6) is 1.80. The summed E-state index contributed by atoms with van der Waals surface area (Å²) in [6, 6.07) is 16.0. The number of aryl methyl sites for hydroxylation is 1. The summed E-state index contributed by atoms with van der Waals surface area (Å²) in [4.78, 5) is 16.9. The molecule has 0 aromatic heterocycles. The summed E-state index contributed by atoms with van der Waals surface area (Å²) in [7, 11) is 1.66. The van der Waals surface area contributed by atoms with Crippen LogP contribution in [0.1, 0.15) is 11.1 Å². The molecule has 30 heavy (non-hydrogen) atoms. The van der Waals surface area contributed by atoms with E-state index in [-0.39, 0.29) is 5.91 Å². The number of hydrogen-bond acceptors (Lipinski definition) is 5. The number of rotatable bonds is 10. The van der Waals surface area contributed by atoms with Crippen LogP contribution in [0.5, 0.6) is 11.5 Å². The zero-order valence-electron chi connectivity index (χ0n) is 18.1. The maximum absolute atomic E-state index is 12.2. The van der Waals surface area contributed by atoms with Gasteiger partial charge >= 0.3 is 0 Å². The third-order valence-electron chi connectivity index (χ3n) is 5.55. The monoisotopic (exact) mass is 411 g/mol. The van der Waals surface area contributed by atoms with E-state index in [1.807, 2.05) is 36.4 Å². The van der Waals surface area contributed by atoms with E-state index in [4.69, 9.17) is 9.47 Å². The second-order valence-electron chi connectivity index (χ2n) is 7.67. The molecule has 0 radical (unpaired) electrons. The molecule has 1 amide bonds. The van der Waals surface area contributed by atoms with Crippen molar-refractivity contribution in [3.63, 3.8) is 0 Å². The van der Waals surface area contributed by atoms with Crippen LogP contribution in [-0.2, 0) is 11.2 Å². The first-order chi connectivity index (χ1) is 14.6. The van der Waals surface area contributed by atoms with Crippen LogP contribution in [0.15, 0.2) is 48.5 Å². The quantitative estimate of drug-likeness (QED) is 0.651. The van der Waals surface area contributed by atoms with Crippen LogP contribution in [0.3, 0.4) is 0 Å². The maximum Gasteiger partial charge on any atom is 0.234 e. The molecule has 0 aliphatic carbocycles. The van der Waals surface area contributed by atoms with Gasteiger partial charge < -0.3 is 14.8 Å². The van der Waals surface area contributed by atoms with Crippen molar-refractivity contribution in [3.8, 4) is 11.5 Å². The number of amides is 1. The molecule has 6 nitrogen and oxygen atoms in total. The fourth-order valence-corrected chi connectivity index (χ4v) is 3.62. The van der Waals surface area contributed by atoms with Gasteiger partial charge in [-0.3, -0.25) is 14.6 Å². The highest BCUT2D eigenvalue weighted by Gasteiger charge is 2.18. The Kier molecular flexibility index (Phi) is 8.53. The summed E-state index contributed by atoms with van der Waals surface area (Å²) in [6.07, 6.45) is 0.875. The lowest BCUT2D eigenvalue weighted by Gasteiger charge is -2.34. The third-order valence-corrected chi connectivity index (χ3v) is 5.55. The molecule has 2 aromatic rings. The van der Waals surface area contributed by atoms with Gasteiger partial charge in [-0.2, -0.15) is 0 Å². The number of nitrogens with one attached hydrogen (secondary N) is 1. The highest BCUT2D eigenvalue weighted by molar-refractivity contribution is 5.78. The van der Waals surface area contributed by atoms with Gasteiger partial charge in [-0.25, -0.2) is 0 Å². The SMILES string of the molecule is COc1ccc(OCCN2CCN(CC(=O)NCCc3ccccc3C)CC2)cc1. The van der Waals surface area contributed by atoms with Gasteiger partial charge in [0.1, 0.15) is 18.1 Å². The molecule has 1 N–H and O–H groups in total. The normalized spacial score (nSPS) is 15.0. The highest BCUT2D eigenvalue weighted by Crippen LogP contribution is 2.17. The van der Waals surface area contributed by atoms with Gasteiger partial charge in [0.2, 0.25) is 5.91 Å². The molecule has 1 fully saturated rings. The Morgan fingerprint density at radius 2 is 1.63 bits per heavy atom. The van der Waals surface area contributed by atoms with E-state index >= 15 is 0 Å². The van der Waals surface area contributed by atoms with Gasteiger partial charge in [-0.05, 0) is 48.7 Å².